The maximum atomic E-state index is 13.2. The number of nitrogens with one attached hydrogen (secondary N) is 1. The molecule has 132 valence electrons. The van der Waals surface area contributed by atoms with Crippen molar-refractivity contribution in [3.63, 3.8) is 0 Å². The Morgan fingerprint density at radius 3 is 2.65 bits per heavy atom. The summed E-state index contributed by atoms with van der Waals surface area (Å²) < 4.78 is 7.14. The molecule has 0 bridgehead atoms. The molecule has 1 N–H and O–H groups in total. The van der Waals surface area contributed by atoms with Crippen LogP contribution in [-0.4, -0.2) is 10.8 Å². The molecule has 2 heterocycles. The molecular formula is C20H18ClN2O2S+. The Morgan fingerprint density at radius 1 is 1.23 bits per heavy atom. The van der Waals surface area contributed by atoms with Crippen LogP contribution in [0.4, 0.5) is 0 Å². The van der Waals surface area contributed by atoms with E-state index in [0.717, 1.165) is 11.3 Å². The van der Waals surface area contributed by atoms with Crippen molar-refractivity contribution in [1.29, 1.82) is 0 Å². The van der Waals surface area contributed by atoms with Gasteiger partial charge < -0.3 is 9.73 Å². The normalized spacial score (nSPS) is 11.8. The van der Waals surface area contributed by atoms with E-state index in [0.29, 0.717) is 22.1 Å². The molecule has 0 radical (unpaired) electrons. The van der Waals surface area contributed by atoms with Crippen molar-refractivity contribution in [1.82, 2.24) is 5.32 Å². The van der Waals surface area contributed by atoms with E-state index in [1.54, 1.807) is 30.5 Å². The van der Waals surface area contributed by atoms with Crippen LogP contribution in [0.3, 0.4) is 0 Å². The Bertz CT molecular complexity index is 908. The molecule has 2 aromatic heterocycles. The van der Waals surface area contributed by atoms with E-state index in [-0.39, 0.29) is 5.78 Å². The van der Waals surface area contributed by atoms with Gasteiger partial charge in [0.15, 0.2) is 17.4 Å². The first-order valence-electron chi connectivity index (χ1n) is 8.12. The number of benzene rings is 1. The smallest absolute Gasteiger partial charge is 0.270 e. The topological polar surface area (TPSA) is 46.1 Å². The van der Waals surface area contributed by atoms with Gasteiger partial charge in [-0.3, -0.25) is 4.79 Å². The molecule has 6 heteroatoms. The van der Waals surface area contributed by atoms with Gasteiger partial charge in [0.05, 0.1) is 12.8 Å². The first-order valence-corrected chi connectivity index (χ1v) is 8.90. The molecule has 0 aliphatic carbocycles. The molecule has 4 nitrogen and oxygen atoms in total. The van der Waals surface area contributed by atoms with Crippen LogP contribution in [0.25, 0.3) is 0 Å². The first kappa shape index (κ1) is 18.3. The predicted octanol–water partition coefficient (Wildman–Crippen LogP) is 4.07. The fourth-order valence-electron chi connectivity index (χ4n) is 2.62. The highest BCUT2D eigenvalue weighted by Gasteiger charge is 2.33. The summed E-state index contributed by atoms with van der Waals surface area (Å²) >= 11 is 11.5. The zero-order valence-corrected chi connectivity index (χ0v) is 15.8. The van der Waals surface area contributed by atoms with E-state index < -0.39 is 6.04 Å². The minimum atomic E-state index is -0.652. The third-order valence-electron chi connectivity index (χ3n) is 3.91. The molecule has 1 aromatic carbocycles. The van der Waals surface area contributed by atoms with E-state index in [1.165, 1.54) is 0 Å². The van der Waals surface area contributed by atoms with Crippen molar-refractivity contribution in [2.24, 2.45) is 0 Å². The van der Waals surface area contributed by atoms with E-state index in [4.69, 9.17) is 28.2 Å². The molecule has 0 spiro atoms. The number of nitrogens with zero attached hydrogens (tertiary/aromatic N) is 1. The standard InChI is InChI=1S/C20H17ClN2O2S/c1-14-4-2-10-23(13-14)18(19(24)15-6-8-16(21)9-7-15)20(26)22-12-17-5-3-11-25-17/h2-11,13,18H,12H2,1H3/p+1/t18-/m0/s1. The summed E-state index contributed by atoms with van der Waals surface area (Å²) in [5.74, 6) is 0.647. The quantitative estimate of drug-likeness (QED) is 0.394. The summed E-state index contributed by atoms with van der Waals surface area (Å²) in [6, 6.07) is 13.7. The van der Waals surface area contributed by atoms with Crippen molar-refractivity contribution >= 4 is 34.6 Å². The van der Waals surface area contributed by atoms with Gasteiger partial charge in [-0.15, -0.1) is 0 Å². The number of carbonyl (C=O) groups excluding carboxylic acids is 1. The number of pyridine rings is 1. The number of ketones is 1. The van der Waals surface area contributed by atoms with Crippen LogP contribution in [0.5, 0.6) is 0 Å². The van der Waals surface area contributed by atoms with Gasteiger partial charge in [0.2, 0.25) is 5.78 Å². The number of thiocarbonyl (C=S) groups is 1. The lowest BCUT2D eigenvalue weighted by molar-refractivity contribution is -0.692. The Hall–Kier alpha value is -2.50. The molecule has 3 aromatic rings. The fourth-order valence-corrected chi connectivity index (χ4v) is 3.05. The van der Waals surface area contributed by atoms with Crippen molar-refractivity contribution < 1.29 is 13.8 Å². The molecule has 3 rings (SSSR count). The lowest BCUT2D eigenvalue weighted by Crippen LogP contribution is -2.51. The first-order chi connectivity index (χ1) is 12.5. The highest BCUT2D eigenvalue weighted by atomic mass is 35.5. The van der Waals surface area contributed by atoms with Gasteiger partial charge in [-0.25, -0.2) is 0 Å². The van der Waals surface area contributed by atoms with Crippen molar-refractivity contribution in [3.8, 4) is 0 Å². The Kier molecular flexibility index (Phi) is 5.81. The van der Waals surface area contributed by atoms with Crippen molar-refractivity contribution in [2.45, 2.75) is 19.5 Å². The minimum Gasteiger partial charge on any atom is -0.467 e. The molecule has 0 unspecified atom stereocenters. The zero-order chi connectivity index (χ0) is 18.5. The van der Waals surface area contributed by atoms with Crippen LogP contribution in [0.2, 0.25) is 5.02 Å². The van der Waals surface area contributed by atoms with Gasteiger partial charge in [-0.1, -0.05) is 23.8 Å². The van der Waals surface area contributed by atoms with Gasteiger partial charge in [0.25, 0.3) is 6.04 Å². The van der Waals surface area contributed by atoms with Gasteiger partial charge >= 0.3 is 0 Å². The molecular weight excluding hydrogens is 368 g/mol. The minimum absolute atomic E-state index is 0.103. The van der Waals surface area contributed by atoms with Crippen molar-refractivity contribution in [2.75, 3.05) is 0 Å². The summed E-state index contributed by atoms with van der Waals surface area (Å²) in [7, 11) is 0. The molecule has 0 amide bonds. The summed E-state index contributed by atoms with van der Waals surface area (Å²) in [6.45, 7) is 2.39. The van der Waals surface area contributed by atoms with E-state index in [9.17, 15) is 4.79 Å². The molecule has 1 atom stereocenters. The van der Waals surface area contributed by atoms with Crippen LogP contribution >= 0.6 is 23.8 Å². The average Bonchev–Trinajstić information content (AvgIpc) is 3.14. The SMILES string of the molecule is Cc1ccc[n+]([C@@H](C(=O)c2ccc(Cl)cc2)C(=S)NCc2ccco2)c1. The number of aryl methyl sites for hydroxylation is 1. The molecule has 26 heavy (non-hydrogen) atoms. The number of carbonyl (C=O) groups is 1. The maximum absolute atomic E-state index is 13.2. The van der Waals surface area contributed by atoms with Crippen LogP contribution < -0.4 is 9.88 Å². The monoisotopic (exact) mass is 385 g/mol. The second kappa shape index (κ2) is 8.25. The number of aromatic nitrogens is 1. The molecule has 0 aliphatic rings. The highest BCUT2D eigenvalue weighted by Crippen LogP contribution is 2.15. The van der Waals surface area contributed by atoms with Crippen LogP contribution in [0.15, 0.2) is 71.6 Å². The van der Waals surface area contributed by atoms with Crippen LogP contribution in [0.1, 0.15) is 27.7 Å². The molecule has 0 aliphatic heterocycles. The Labute approximate surface area is 162 Å². The number of hydrogen-bond donors (Lipinski definition) is 1. The maximum Gasteiger partial charge on any atom is 0.270 e. The van der Waals surface area contributed by atoms with Gasteiger partial charge in [-0.05, 0) is 49.4 Å². The fraction of sp³-hybridized carbons (Fsp3) is 0.150. The number of rotatable bonds is 6. The van der Waals surface area contributed by atoms with Crippen LogP contribution in [0, 0.1) is 6.92 Å². The zero-order valence-electron chi connectivity index (χ0n) is 14.2. The second-order valence-corrected chi connectivity index (χ2v) is 6.78. The number of halogens is 1. The third-order valence-corrected chi connectivity index (χ3v) is 4.53. The summed E-state index contributed by atoms with van der Waals surface area (Å²) in [5.41, 5.74) is 1.59. The second-order valence-electron chi connectivity index (χ2n) is 5.90. The summed E-state index contributed by atoms with van der Waals surface area (Å²) in [4.78, 5) is 13.6. The van der Waals surface area contributed by atoms with Gasteiger partial charge in [0.1, 0.15) is 5.76 Å². The van der Waals surface area contributed by atoms with Gasteiger partial charge in [-0.2, -0.15) is 4.57 Å². The average molecular weight is 386 g/mol. The molecule has 0 saturated carbocycles. The number of hydrogen-bond acceptors (Lipinski definition) is 3. The largest absolute Gasteiger partial charge is 0.467 e. The van der Waals surface area contributed by atoms with Crippen LogP contribution in [-0.2, 0) is 6.54 Å². The van der Waals surface area contributed by atoms with E-state index >= 15 is 0 Å². The van der Waals surface area contributed by atoms with E-state index in [2.05, 4.69) is 5.32 Å². The third kappa shape index (κ3) is 4.36. The highest BCUT2D eigenvalue weighted by molar-refractivity contribution is 7.80. The Balaban J connectivity index is 1.89. The molecule has 0 fully saturated rings. The van der Waals surface area contributed by atoms with Gasteiger partial charge in [0, 0.05) is 22.2 Å². The summed E-state index contributed by atoms with van der Waals surface area (Å²) in [6.07, 6.45) is 5.34. The number of furan rings is 1. The lowest BCUT2D eigenvalue weighted by Gasteiger charge is -2.14. The number of Topliss-reactive ketones (excluding diaryl/α,β-unsaturated/α-hetero) is 1. The van der Waals surface area contributed by atoms with Crippen molar-refractivity contribution in [3.05, 3.63) is 89.1 Å². The van der Waals surface area contributed by atoms with E-state index in [1.807, 2.05) is 48.1 Å². The lowest BCUT2D eigenvalue weighted by atomic mass is 10.0. The predicted molar refractivity (Wildman–Crippen MR) is 104 cm³/mol. The summed E-state index contributed by atoms with van der Waals surface area (Å²) in [5, 5.41) is 3.72. The Morgan fingerprint density at radius 2 is 2.00 bits per heavy atom. The molecule has 0 saturated heterocycles.